The van der Waals surface area contributed by atoms with Crippen molar-refractivity contribution >= 4 is 17.0 Å². The lowest BCUT2D eigenvalue weighted by Gasteiger charge is -2.34. The molecule has 0 spiro atoms. The minimum atomic E-state index is 0.0211. The first kappa shape index (κ1) is 27.5. The van der Waals surface area contributed by atoms with Crippen LogP contribution in [-0.4, -0.2) is 50.7 Å². The maximum absolute atomic E-state index is 6.21. The van der Waals surface area contributed by atoms with Gasteiger partial charge in [-0.2, -0.15) is 15.0 Å². The van der Waals surface area contributed by atoms with E-state index in [0.29, 0.717) is 41.5 Å². The summed E-state index contributed by atoms with van der Waals surface area (Å²) in [6.07, 6.45) is 8.48. The summed E-state index contributed by atoms with van der Waals surface area (Å²) in [5.41, 5.74) is 8.61. The van der Waals surface area contributed by atoms with E-state index in [1.165, 1.54) is 5.56 Å². The lowest BCUT2D eigenvalue weighted by Crippen LogP contribution is -2.34. The molecular formula is C29H42N6O3. The first-order valence-electron chi connectivity index (χ1n) is 13.8. The predicted octanol–water partition coefficient (Wildman–Crippen LogP) is 5.55. The van der Waals surface area contributed by atoms with Crippen molar-refractivity contribution in [1.29, 1.82) is 0 Å². The Bertz CT molecular complexity index is 1190. The summed E-state index contributed by atoms with van der Waals surface area (Å²) >= 11 is 0. The Morgan fingerprint density at radius 1 is 1.16 bits per heavy atom. The summed E-state index contributed by atoms with van der Waals surface area (Å²) < 4.78 is 19.6. The molecule has 38 heavy (non-hydrogen) atoms. The number of hydrogen-bond donors (Lipinski definition) is 1. The summed E-state index contributed by atoms with van der Waals surface area (Å²) in [5.74, 6) is 1.96. The Hall–Kier alpha value is -3.49. The van der Waals surface area contributed by atoms with Gasteiger partial charge in [-0.15, -0.1) is 0 Å². The number of likely N-dealkylation sites (tertiary alicyclic amines) is 1. The monoisotopic (exact) mass is 522 g/mol. The Balaban J connectivity index is 1.31. The number of benzene rings is 1. The smallest absolute Gasteiger partial charge is 0.320 e. The third-order valence-corrected chi connectivity index (χ3v) is 7.15. The fourth-order valence-electron chi connectivity index (χ4n) is 5.11. The van der Waals surface area contributed by atoms with E-state index in [2.05, 4.69) is 45.0 Å². The Kier molecular flexibility index (Phi) is 9.67. The maximum atomic E-state index is 6.21. The van der Waals surface area contributed by atoms with Crippen LogP contribution in [-0.2, 0) is 17.9 Å². The largest absolute Gasteiger partial charge is 0.474 e. The van der Waals surface area contributed by atoms with Crippen molar-refractivity contribution in [2.24, 2.45) is 5.92 Å². The lowest BCUT2D eigenvalue weighted by molar-refractivity contribution is 0.0768. The number of methoxy groups -OCH3 is 1. The molecule has 1 saturated heterocycles. The summed E-state index contributed by atoms with van der Waals surface area (Å²) in [4.78, 5) is 15.9. The van der Waals surface area contributed by atoms with Gasteiger partial charge in [-0.05, 0) is 63.5 Å². The number of allylic oxidation sites excluding steroid dienone is 1. The van der Waals surface area contributed by atoms with E-state index < -0.39 is 0 Å². The number of fused-ring (bicyclic) bond motifs is 1. The first-order chi connectivity index (χ1) is 18.5. The number of aromatic nitrogens is 4. The molecule has 0 radical (unpaired) electrons. The zero-order valence-corrected chi connectivity index (χ0v) is 23.2. The summed E-state index contributed by atoms with van der Waals surface area (Å²) in [7, 11) is 1.62. The number of anilines is 1. The van der Waals surface area contributed by atoms with Gasteiger partial charge in [0.15, 0.2) is 22.9 Å². The van der Waals surface area contributed by atoms with Crippen molar-refractivity contribution in [3.63, 3.8) is 0 Å². The molecule has 1 unspecified atom stereocenters. The summed E-state index contributed by atoms with van der Waals surface area (Å²) in [6.45, 7) is 9.56. The van der Waals surface area contributed by atoms with Crippen molar-refractivity contribution in [3.8, 4) is 12.0 Å². The van der Waals surface area contributed by atoms with Crippen LogP contribution in [0.15, 0.2) is 42.3 Å². The fourth-order valence-corrected chi connectivity index (χ4v) is 5.11. The van der Waals surface area contributed by atoms with Crippen LogP contribution in [0.1, 0.15) is 64.9 Å². The van der Waals surface area contributed by atoms with Crippen molar-refractivity contribution in [2.45, 2.75) is 78.6 Å². The van der Waals surface area contributed by atoms with E-state index in [1.807, 2.05) is 36.6 Å². The van der Waals surface area contributed by atoms with Gasteiger partial charge in [0.1, 0.15) is 6.61 Å². The van der Waals surface area contributed by atoms with Crippen molar-refractivity contribution in [1.82, 2.24) is 24.4 Å². The summed E-state index contributed by atoms with van der Waals surface area (Å²) in [5, 5.41) is 0. The van der Waals surface area contributed by atoms with Crippen LogP contribution >= 0.6 is 0 Å². The molecule has 4 rings (SSSR count). The third kappa shape index (κ3) is 6.88. The van der Waals surface area contributed by atoms with Gasteiger partial charge in [0, 0.05) is 19.6 Å². The molecule has 0 saturated carbocycles. The van der Waals surface area contributed by atoms with Crippen LogP contribution in [0.2, 0.25) is 0 Å². The van der Waals surface area contributed by atoms with E-state index >= 15 is 0 Å². The van der Waals surface area contributed by atoms with E-state index in [9.17, 15) is 0 Å². The summed E-state index contributed by atoms with van der Waals surface area (Å²) in [6, 6.07) is 11.1. The average molecular weight is 523 g/mol. The molecule has 3 heterocycles. The van der Waals surface area contributed by atoms with Gasteiger partial charge in [-0.3, -0.25) is 4.57 Å². The second kappa shape index (κ2) is 13.3. The topological polar surface area (TPSA) is 101 Å². The first-order valence-corrected chi connectivity index (χ1v) is 13.8. The van der Waals surface area contributed by atoms with Crippen LogP contribution < -0.4 is 15.2 Å². The zero-order chi connectivity index (χ0) is 26.9. The minimum absolute atomic E-state index is 0.0211. The molecule has 1 atom stereocenters. The fraction of sp³-hybridized carbons (Fsp3) is 0.552. The molecule has 3 aromatic rings. The number of nitrogens with two attached hydrogens (primary N) is 1. The van der Waals surface area contributed by atoms with Crippen LogP contribution in [0.25, 0.3) is 11.2 Å². The zero-order valence-electron chi connectivity index (χ0n) is 23.2. The second-order valence-electron chi connectivity index (χ2n) is 10.0. The van der Waals surface area contributed by atoms with Gasteiger partial charge in [0.05, 0.1) is 13.2 Å². The Morgan fingerprint density at radius 2 is 1.92 bits per heavy atom. The van der Waals surface area contributed by atoms with Crippen molar-refractivity contribution in [2.75, 3.05) is 25.9 Å². The third-order valence-electron chi connectivity index (χ3n) is 7.15. The number of nitrogen functional groups attached to an aromatic ring is 1. The van der Waals surface area contributed by atoms with Gasteiger partial charge in [-0.25, -0.2) is 0 Å². The highest BCUT2D eigenvalue weighted by atomic mass is 16.5. The average Bonchev–Trinajstić information content (AvgIpc) is 3.28. The molecule has 1 fully saturated rings. The molecule has 1 aromatic carbocycles. The van der Waals surface area contributed by atoms with Crippen molar-refractivity contribution in [3.05, 3.63) is 47.9 Å². The number of aryl methyl sites for hydroxylation is 1. The Morgan fingerprint density at radius 3 is 2.61 bits per heavy atom. The van der Waals surface area contributed by atoms with Crippen LogP contribution in [0.3, 0.4) is 0 Å². The maximum Gasteiger partial charge on any atom is 0.320 e. The molecular weight excluding hydrogens is 480 g/mol. The Labute approximate surface area is 226 Å². The molecule has 2 N–H and O–H groups in total. The highest BCUT2D eigenvalue weighted by Crippen LogP contribution is 2.29. The van der Waals surface area contributed by atoms with Crippen molar-refractivity contribution < 1.29 is 14.2 Å². The molecule has 9 heteroatoms. The second-order valence-corrected chi connectivity index (χ2v) is 10.0. The molecule has 0 aliphatic carbocycles. The number of imidazole rings is 1. The molecule has 0 amide bonds. The van der Waals surface area contributed by atoms with E-state index in [-0.39, 0.29) is 6.10 Å². The number of rotatable bonds is 13. The molecule has 2 aromatic heterocycles. The van der Waals surface area contributed by atoms with Gasteiger partial charge in [0.2, 0.25) is 0 Å². The molecule has 1 aliphatic heterocycles. The minimum Gasteiger partial charge on any atom is -0.474 e. The van der Waals surface area contributed by atoms with Crippen LogP contribution in [0.4, 0.5) is 5.82 Å². The van der Waals surface area contributed by atoms with Gasteiger partial charge in [-0.1, -0.05) is 43.7 Å². The SMILES string of the molecule is CC=C(OCc1ccccc1)N1CCC(CCCn2c(OC)nc3c(N)nc(OC(C)CCC)nc32)CC1. The molecule has 206 valence electrons. The number of piperidine rings is 1. The molecule has 9 nitrogen and oxygen atoms in total. The van der Waals surface area contributed by atoms with Gasteiger partial charge in [0.25, 0.3) is 6.01 Å². The predicted molar refractivity (Wildman–Crippen MR) is 150 cm³/mol. The van der Waals surface area contributed by atoms with Crippen LogP contribution in [0, 0.1) is 5.92 Å². The van der Waals surface area contributed by atoms with E-state index in [0.717, 1.165) is 64.0 Å². The molecule has 1 aliphatic rings. The standard InChI is InChI=1S/C29H42N6O3/c1-5-11-21(3)38-28-32-26(30)25-27(33-28)35(29(31-25)36-4)17-10-14-22-15-18-34(19-16-22)24(6-2)37-20-23-12-8-7-9-13-23/h6-9,12-13,21-22H,5,10-11,14-20H2,1-4H3,(H2,30,32,33). The quantitative estimate of drug-likeness (QED) is 0.292. The van der Waals surface area contributed by atoms with E-state index in [1.54, 1.807) is 7.11 Å². The van der Waals surface area contributed by atoms with E-state index in [4.69, 9.17) is 19.9 Å². The molecule has 0 bridgehead atoms. The number of hydrogen-bond acceptors (Lipinski definition) is 8. The lowest BCUT2D eigenvalue weighted by atomic mass is 9.92. The van der Waals surface area contributed by atoms with Gasteiger partial charge >= 0.3 is 6.01 Å². The highest BCUT2D eigenvalue weighted by Gasteiger charge is 2.23. The van der Waals surface area contributed by atoms with Gasteiger partial charge < -0.3 is 24.8 Å². The number of ether oxygens (including phenoxy) is 3. The normalized spacial score (nSPS) is 15.6. The van der Waals surface area contributed by atoms with Crippen LogP contribution in [0.5, 0.6) is 12.0 Å². The number of nitrogens with zero attached hydrogens (tertiary/aromatic N) is 5. The highest BCUT2D eigenvalue weighted by molar-refractivity contribution is 5.83.